The summed E-state index contributed by atoms with van der Waals surface area (Å²) in [6.07, 6.45) is 2.10. The molecular weight excluding hydrogens is 522 g/mol. The molecule has 1 atom stereocenters. The first-order valence-electron chi connectivity index (χ1n) is 14.4. The fraction of sp³-hybridized carbons (Fsp3) is 0.333. The quantitative estimate of drug-likeness (QED) is 0.315. The fourth-order valence-corrected chi connectivity index (χ4v) is 7.29. The molecule has 0 fully saturated rings. The number of carbonyl (C=O) groups excluding carboxylic acids is 1. The third-order valence-corrected chi connectivity index (χ3v) is 9.44. The number of allylic oxidation sites excluding steroid dienone is 3. The Morgan fingerprint density at radius 1 is 0.976 bits per heavy atom. The summed E-state index contributed by atoms with van der Waals surface area (Å²) < 4.78 is 0. The highest BCUT2D eigenvalue weighted by molar-refractivity contribution is 7.97. The van der Waals surface area contributed by atoms with Gasteiger partial charge in [0, 0.05) is 34.9 Å². The maximum absolute atomic E-state index is 14.0. The van der Waals surface area contributed by atoms with E-state index in [0.717, 1.165) is 46.0 Å². The molecule has 4 nitrogen and oxygen atoms in total. The zero-order valence-corrected chi connectivity index (χ0v) is 25.6. The lowest BCUT2D eigenvalue weighted by atomic mass is 9.68. The van der Waals surface area contributed by atoms with Crippen LogP contribution in [0.2, 0.25) is 0 Å². The van der Waals surface area contributed by atoms with Crippen molar-refractivity contribution < 1.29 is 4.79 Å². The fourth-order valence-electron chi connectivity index (χ4n) is 6.23. The number of nitriles is 1. The van der Waals surface area contributed by atoms with E-state index in [2.05, 4.69) is 101 Å². The summed E-state index contributed by atoms with van der Waals surface area (Å²) >= 11 is 1.88. The number of benzene rings is 3. The minimum Gasteiger partial charge on any atom is -0.384 e. The summed E-state index contributed by atoms with van der Waals surface area (Å²) in [5.74, 6) is 1.84. The van der Waals surface area contributed by atoms with Crippen LogP contribution in [0, 0.1) is 30.6 Å². The van der Waals surface area contributed by atoms with Crippen LogP contribution in [0.1, 0.15) is 72.9 Å². The summed E-state index contributed by atoms with van der Waals surface area (Å²) in [7, 11) is 0. The second-order valence-electron chi connectivity index (χ2n) is 12.1. The minimum absolute atomic E-state index is 0.108. The maximum atomic E-state index is 14.0. The standard InChI is InChI=1S/C36H39N3OS/c1-6-25-12-14-28(15-13-25)39-31-18-36(4,5)19-32(40)34(31)33(30(20-37)35(39)38)29-17-27(23(2)16-24(29)3)22-41-21-26-10-8-7-9-11-26/h7-17,33H,6,18-19,21-22,38H2,1-5H3. The first kappa shape index (κ1) is 28.8. The average molecular weight is 562 g/mol. The molecule has 2 aliphatic rings. The second kappa shape index (κ2) is 11.6. The van der Waals surface area contributed by atoms with Crippen molar-refractivity contribution in [2.24, 2.45) is 11.1 Å². The molecule has 3 aromatic rings. The lowest BCUT2D eigenvalue weighted by Crippen LogP contribution is -2.42. The average Bonchev–Trinajstić information content (AvgIpc) is 2.94. The van der Waals surface area contributed by atoms with Gasteiger partial charge in [-0.2, -0.15) is 17.0 Å². The predicted octanol–water partition coefficient (Wildman–Crippen LogP) is 8.24. The third kappa shape index (κ3) is 5.72. The normalized spacial score (nSPS) is 18.4. The van der Waals surface area contributed by atoms with Crippen LogP contribution in [0.3, 0.4) is 0 Å². The summed E-state index contributed by atoms with van der Waals surface area (Å²) in [5, 5.41) is 10.5. The maximum Gasteiger partial charge on any atom is 0.162 e. The van der Waals surface area contributed by atoms with E-state index in [0.29, 0.717) is 24.2 Å². The highest BCUT2D eigenvalue weighted by Crippen LogP contribution is 2.51. The summed E-state index contributed by atoms with van der Waals surface area (Å²) in [6, 6.07) is 25.7. The van der Waals surface area contributed by atoms with Gasteiger partial charge in [-0.25, -0.2) is 0 Å². The van der Waals surface area contributed by atoms with Crippen LogP contribution in [-0.2, 0) is 22.7 Å². The van der Waals surface area contributed by atoms with Crippen molar-refractivity contribution in [3.05, 3.63) is 123 Å². The van der Waals surface area contributed by atoms with Gasteiger partial charge < -0.3 is 5.73 Å². The van der Waals surface area contributed by atoms with Gasteiger partial charge in [0.2, 0.25) is 0 Å². The van der Waals surface area contributed by atoms with Crippen LogP contribution in [0.5, 0.6) is 0 Å². The van der Waals surface area contributed by atoms with E-state index in [1.165, 1.54) is 22.3 Å². The van der Waals surface area contributed by atoms with E-state index in [1.807, 2.05) is 22.7 Å². The van der Waals surface area contributed by atoms with E-state index in [4.69, 9.17) is 5.73 Å². The van der Waals surface area contributed by atoms with Crippen molar-refractivity contribution in [2.45, 2.75) is 71.3 Å². The Balaban J connectivity index is 1.61. The van der Waals surface area contributed by atoms with Gasteiger partial charge in [-0.3, -0.25) is 9.69 Å². The number of nitrogens with zero attached hydrogens (tertiary/aromatic N) is 2. The molecule has 0 spiro atoms. The number of nitrogens with two attached hydrogens (primary N) is 1. The topological polar surface area (TPSA) is 70.1 Å². The van der Waals surface area contributed by atoms with Crippen molar-refractivity contribution in [3.63, 3.8) is 0 Å². The molecule has 1 aliphatic carbocycles. The summed E-state index contributed by atoms with van der Waals surface area (Å²) in [5.41, 5.74) is 16.8. The molecule has 0 bridgehead atoms. The molecular formula is C36H39N3OS. The number of anilines is 1. The Morgan fingerprint density at radius 2 is 1.68 bits per heavy atom. The first-order chi connectivity index (χ1) is 19.6. The highest BCUT2D eigenvalue weighted by atomic mass is 32.2. The molecule has 0 amide bonds. The van der Waals surface area contributed by atoms with Crippen LogP contribution in [0.15, 0.2) is 89.4 Å². The van der Waals surface area contributed by atoms with Crippen molar-refractivity contribution >= 4 is 23.2 Å². The molecule has 0 saturated heterocycles. The third-order valence-electron chi connectivity index (χ3n) is 8.39. The lowest BCUT2D eigenvalue weighted by Gasteiger charge is -2.44. The van der Waals surface area contributed by atoms with Gasteiger partial charge >= 0.3 is 0 Å². The molecule has 1 aliphatic heterocycles. The van der Waals surface area contributed by atoms with E-state index < -0.39 is 5.92 Å². The predicted molar refractivity (Wildman–Crippen MR) is 170 cm³/mol. The molecule has 2 N–H and O–H groups in total. The van der Waals surface area contributed by atoms with Crippen molar-refractivity contribution in [1.82, 2.24) is 0 Å². The Kier molecular flexibility index (Phi) is 8.16. The van der Waals surface area contributed by atoms with Crippen LogP contribution in [0.25, 0.3) is 0 Å². The molecule has 41 heavy (non-hydrogen) atoms. The second-order valence-corrected chi connectivity index (χ2v) is 13.1. The van der Waals surface area contributed by atoms with Crippen molar-refractivity contribution in [3.8, 4) is 6.07 Å². The minimum atomic E-state index is -0.469. The van der Waals surface area contributed by atoms with Crippen LogP contribution in [-0.4, -0.2) is 5.78 Å². The molecule has 0 radical (unpaired) electrons. The van der Waals surface area contributed by atoms with Gasteiger partial charge in [0.05, 0.1) is 17.6 Å². The number of thioether (sulfide) groups is 1. The van der Waals surface area contributed by atoms with E-state index in [9.17, 15) is 10.1 Å². The number of hydrogen-bond acceptors (Lipinski definition) is 5. The number of ketones is 1. The first-order valence-corrected chi connectivity index (χ1v) is 15.6. The highest BCUT2D eigenvalue weighted by Gasteiger charge is 2.45. The molecule has 210 valence electrons. The zero-order valence-electron chi connectivity index (χ0n) is 24.8. The molecule has 5 heteroatoms. The Labute approximate surface area is 249 Å². The SMILES string of the molecule is CCc1ccc(N2C(N)=C(C#N)C(c3cc(CSCc4ccccc4)c(C)cc3C)C3=C2CC(C)(C)CC3=O)cc1. The van der Waals surface area contributed by atoms with Gasteiger partial charge in [0.1, 0.15) is 5.82 Å². The van der Waals surface area contributed by atoms with Crippen LogP contribution < -0.4 is 10.6 Å². The smallest absolute Gasteiger partial charge is 0.162 e. The summed E-state index contributed by atoms with van der Waals surface area (Å²) in [6.45, 7) is 10.6. The monoisotopic (exact) mass is 561 g/mol. The van der Waals surface area contributed by atoms with Gasteiger partial charge in [-0.05, 0) is 77.6 Å². The molecule has 0 saturated carbocycles. The number of carbonyl (C=O) groups is 1. The van der Waals surface area contributed by atoms with Crippen LogP contribution >= 0.6 is 11.8 Å². The van der Waals surface area contributed by atoms with Crippen molar-refractivity contribution in [1.29, 1.82) is 5.26 Å². The molecule has 0 aromatic heterocycles. The van der Waals surface area contributed by atoms with E-state index >= 15 is 0 Å². The van der Waals surface area contributed by atoms with E-state index in [-0.39, 0.29) is 11.2 Å². The number of hydrogen-bond donors (Lipinski definition) is 1. The Morgan fingerprint density at radius 3 is 2.34 bits per heavy atom. The van der Waals surface area contributed by atoms with Gasteiger partial charge in [0.25, 0.3) is 0 Å². The number of Topliss-reactive ketones (excluding diaryl/α,β-unsaturated/α-hetero) is 1. The Hall–Kier alpha value is -3.75. The van der Waals surface area contributed by atoms with Crippen molar-refractivity contribution in [2.75, 3.05) is 4.90 Å². The molecule has 5 rings (SSSR count). The molecule has 1 heterocycles. The van der Waals surface area contributed by atoms with Gasteiger partial charge in [-0.15, -0.1) is 0 Å². The van der Waals surface area contributed by atoms with E-state index in [1.54, 1.807) is 0 Å². The summed E-state index contributed by atoms with van der Waals surface area (Å²) in [4.78, 5) is 16.0. The largest absolute Gasteiger partial charge is 0.384 e. The number of aryl methyl sites for hydroxylation is 3. The van der Waals surface area contributed by atoms with Gasteiger partial charge in [0.15, 0.2) is 5.78 Å². The Bertz CT molecular complexity index is 1580. The van der Waals surface area contributed by atoms with Gasteiger partial charge in [-0.1, -0.05) is 75.4 Å². The molecule has 1 unspecified atom stereocenters. The lowest BCUT2D eigenvalue weighted by molar-refractivity contribution is -0.118. The van der Waals surface area contributed by atoms with Crippen LogP contribution in [0.4, 0.5) is 5.69 Å². The molecule has 3 aromatic carbocycles. The number of rotatable bonds is 7. The zero-order chi connectivity index (χ0) is 29.3.